The first-order valence-electron chi connectivity index (χ1n) is 4.46. The number of thiophene rings is 1. The third-order valence-corrected chi connectivity index (χ3v) is 5.11. The number of pyridine rings is 1. The van der Waals surface area contributed by atoms with E-state index in [9.17, 15) is 8.42 Å². The smallest absolute Gasteiger partial charge is 0.272 e. The Balaban J connectivity index is 2.26. The molecular weight excluding hydrogens is 326 g/mol. The van der Waals surface area contributed by atoms with Gasteiger partial charge in [-0.3, -0.25) is 4.72 Å². The molecule has 0 bridgehead atoms. The van der Waals surface area contributed by atoms with Gasteiger partial charge in [0, 0.05) is 21.7 Å². The number of nitrogen functional groups attached to an aromatic ring is 1. The molecule has 0 aliphatic rings. The third kappa shape index (κ3) is 2.96. The third-order valence-electron chi connectivity index (χ3n) is 1.83. The first-order valence-corrected chi connectivity index (χ1v) is 7.61. The van der Waals surface area contributed by atoms with E-state index < -0.39 is 10.0 Å². The summed E-state index contributed by atoms with van der Waals surface area (Å²) in [7, 11) is -3.59. The molecule has 2 heterocycles. The van der Waals surface area contributed by atoms with Crippen LogP contribution in [0.4, 0.5) is 11.5 Å². The minimum absolute atomic E-state index is 0.166. The Kier molecular flexibility index (Phi) is 3.36. The number of sulfonamides is 1. The molecule has 0 radical (unpaired) electrons. The molecule has 0 unspecified atom stereocenters. The maximum absolute atomic E-state index is 11.9. The molecule has 0 saturated heterocycles. The number of hydrogen-bond donors (Lipinski definition) is 2. The molecule has 3 N–H and O–H groups in total. The first-order chi connectivity index (χ1) is 7.97. The van der Waals surface area contributed by atoms with Crippen molar-refractivity contribution in [2.45, 2.75) is 4.21 Å². The van der Waals surface area contributed by atoms with E-state index >= 15 is 0 Å². The zero-order valence-corrected chi connectivity index (χ0v) is 11.6. The second-order valence-corrected chi connectivity index (χ2v) is 6.90. The Morgan fingerprint density at radius 1 is 1.41 bits per heavy atom. The molecule has 5 nitrogen and oxygen atoms in total. The van der Waals surface area contributed by atoms with Crippen molar-refractivity contribution in [3.63, 3.8) is 0 Å². The molecule has 8 heteroatoms. The number of nitrogens with zero attached hydrogens (tertiary/aromatic N) is 1. The van der Waals surface area contributed by atoms with Gasteiger partial charge in [-0.15, -0.1) is 11.3 Å². The van der Waals surface area contributed by atoms with Crippen LogP contribution < -0.4 is 10.5 Å². The highest BCUT2D eigenvalue weighted by Gasteiger charge is 2.16. The van der Waals surface area contributed by atoms with Crippen LogP contribution in [0.25, 0.3) is 0 Å². The molecule has 0 aliphatic carbocycles. The van der Waals surface area contributed by atoms with Gasteiger partial charge in [0.25, 0.3) is 10.0 Å². The highest BCUT2D eigenvalue weighted by Crippen LogP contribution is 2.23. The van der Waals surface area contributed by atoms with Crippen LogP contribution in [0.3, 0.4) is 0 Å². The van der Waals surface area contributed by atoms with E-state index in [-0.39, 0.29) is 10.0 Å². The van der Waals surface area contributed by atoms with Gasteiger partial charge < -0.3 is 5.73 Å². The fourth-order valence-corrected chi connectivity index (χ4v) is 3.42. The molecule has 0 aliphatic heterocycles. The van der Waals surface area contributed by atoms with Crippen LogP contribution in [-0.2, 0) is 10.0 Å². The molecule has 90 valence electrons. The summed E-state index contributed by atoms with van der Waals surface area (Å²) < 4.78 is 27.1. The Morgan fingerprint density at radius 2 is 2.18 bits per heavy atom. The van der Waals surface area contributed by atoms with Crippen molar-refractivity contribution in [3.8, 4) is 0 Å². The van der Waals surface area contributed by atoms with Crippen molar-refractivity contribution in [1.82, 2.24) is 4.98 Å². The largest absolute Gasteiger partial charge is 0.398 e. The number of anilines is 2. The molecular formula is C9H8BrN3O2S2. The van der Waals surface area contributed by atoms with Gasteiger partial charge in [-0.05, 0) is 34.1 Å². The van der Waals surface area contributed by atoms with Crippen LogP contribution in [0.1, 0.15) is 0 Å². The van der Waals surface area contributed by atoms with Crippen LogP contribution in [0.5, 0.6) is 0 Å². The van der Waals surface area contributed by atoms with Gasteiger partial charge in [-0.1, -0.05) is 0 Å². The van der Waals surface area contributed by atoms with Gasteiger partial charge in [-0.25, -0.2) is 13.4 Å². The van der Waals surface area contributed by atoms with Gasteiger partial charge in [-0.2, -0.15) is 0 Å². The van der Waals surface area contributed by atoms with Crippen molar-refractivity contribution in [1.29, 1.82) is 0 Å². The highest BCUT2D eigenvalue weighted by atomic mass is 79.9. The highest BCUT2D eigenvalue weighted by molar-refractivity contribution is 9.10. The minimum atomic E-state index is -3.59. The molecule has 0 atom stereocenters. The van der Waals surface area contributed by atoms with Crippen LogP contribution in [-0.4, -0.2) is 13.4 Å². The van der Waals surface area contributed by atoms with E-state index in [1.54, 1.807) is 17.5 Å². The summed E-state index contributed by atoms with van der Waals surface area (Å²) in [4.78, 5) is 3.93. The van der Waals surface area contributed by atoms with Crippen molar-refractivity contribution in [3.05, 3.63) is 34.2 Å². The monoisotopic (exact) mass is 333 g/mol. The zero-order valence-electron chi connectivity index (χ0n) is 8.42. The lowest BCUT2D eigenvalue weighted by molar-refractivity contribution is 0.603. The van der Waals surface area contributed by atoms with Crippen molar-refractivity contribution < 1.29 is 8.42 Å². The van der Waals surface area contributed by atoms with E-state index in [1.807, 2.05) is 0 Å². The maximum atomic E-state index is 11.9. The fourth-order valence-electron chi connectivity index (χ4n) is 1.10. The van der Waals surface area contributed by atoms with Crippen LogP contribution in [0.2, 0.25) is 0 Å². The summed E-state index contributed by atoms with van der Waals surface area (Å²) in [6.07, 6.45) is 1.51. The minimum Gasteiger partial charge on any atom is -0.398 e. The molecule has 0 aromatic carbocycles. The molecule has 0 fully saturated rings. The molecule has 17 heavy (non-hydrogen) atoms. The van der Waals surface area contributed by atoms with E-state index in [1.165, 1.54) is 12.3 Å². The van der Waals surface area contributed by atoms with Crippen LogP contribution in [0.15, 0.2) is 38.5 Å². The van der Waals surface area contributed by atoms with Gasteiger partial charge in [0.1, 0.15) is 10.0 Å². The quantitative estimate of drug-likeness (QED) is 0.902. The lowest BCUT2D eigenvalue weighted by atomic mass is 10.5. The summed E-state index contributed by atoms with van der Waals surface area (Å²) in [6, 6.07) is 4.68. The Bertz CT molecular complexity index is 622. The first kappa shape index (κ1) is 12.3. The maximum Gasteiger partial charge on any atom is 0.272 e. The number of nitrogens with one attached hydrogen (secondary N) is 1. The number of aromatic nitrogens is 1. The normalized spacial score (nSPS) is 11.4. The molecule has 0 saturated carbocycles. The van der Waals surface area contributed by atoms with E-state index in [4.69, 9.17) is 5.73 Å². The molecule has 2 rings (SSSR count). The second kappa shape index (κ2) is 4.63. The van der Waals surface area contributed by atoms with Crippen molar-refractivity contribution >= 4 is 48.8 Å². The second-order valence-electron chi connectivity index (χ2n) is 3.17. The zero-order chi connectivity index (χ0) is 12.5. The predicted molar refractivity (Wildman–Crippen MR) is 71.5 cm³/mol. The average molecular weight is 334 g/mol. The number of rotatable bonds is 3. The average Bonchev–Trinajstić information content (AvgIpc) is 2.69. The Labute approximate surface area is 111 Å². The van der Waals surface area contributed by atoms with Crippen molar-refractivity contribution in [2.24, 2.45) is 0 Å². The van der Waals surface area contributed by atoms with Crippen molar-refractivity contribution in [2.75, 3.05) is 10.5 Å². The van der Waals surface area contributed by atoms with Gasteiger partial charge in [0.05, 0.1) is 0 Å². The summed E-state index contributed by atoms with van der Waals surface area (Å²) in [5.74, 6) is 0.264. The fraction of sp³-hybridized carbons (Fsp3) is 0. The molecule has 2 aromatic rings. The Morgan fingerprint density at radius 3 is 2.71 bits per heavy atom. The van der Waals surface area contributed by atoms with Gasteiger partial charge in [0.2, 0.25) is 0 Å². The lowest BCUT2D eigenvalue weighted by Crippen LogP contribution is -2.12. The number of hydrogen-bond acceptors (Lipinski definition) is 5. The van der Waals surface area contributed by atoms with Crippen LogP contribution >= 0.6 is 27.3 Å². The topological polar surface area (TPSA) is 85.1 Å². The van der Waals surface area contributed by atoms with E-state index in [0.717, 1.165) is 15.8 Å². The summed E-state index contributed by atoms with van der Waals surface area (Å²) in [5, 5.41) is 1.57. The van der Waals surface area contributed by atoms with Gasteiger partial charge in [0.15, 0.2) is 0 Å². The number of halogens is 1. The lowest BCUT2D eigenvalue weighted by Gasteiger charge is -2.04. The molecule has 0 spiro atoms. The summed E-state index contributed by atoms with van der Waals surface area (Å²) >= 11 is 4.29. The molecule has 2 aromatic heterocycles. The predicted octanol–water partition coefficient (Wildman–Crippen LogP) is 2.29. The van der Waals surface area contributed by atoms with Gasteiger partial charge >= 0.3 is 0 Å². The molecule has 0 amide bonds. The van der Waals surface area contributed by atoms with E-state index in [0.29, 0.717) is 5.69 Å². The van der Waals surface area contributed by atoms with Crippen LogP contribution in [0, 0.1) is 0 Å². The SMILES string of the molecule is Nc1csc(S(=O)(=O)Nc2ccc(Br)cn2)c1. The summed E-state index contributed by atoms with van der Waals surface area (Å²) in [6.45, 7) is 0. The van der Waals surface area contributed by atoms with E-state index in [2.05, 4.69) is 25.6 Å². The Hall–Kier alpha value is -1.12. The standard InChI is InChI=1S/C9H8BrN3O2S2/c10-6-1-2-8(12-4-6)13-17(14,15)9-3-7(11)5-16-9/h1-5H,11H2,(H,12,13). The summed E-state index contributed by atoms with van der Waals surface area (Å²) in [5.41, 5.74) is 5.91. The number of nitrogens with two attached hydrogens (primary N) is 1.